The van der Waals surface area contributed by atoms with Gasteiger partial charge in [-0.25, -0.2) is 0 Å². The van der Waals surface area contributed by atoms with Crippen molar-refractivity contribution in [3.63, 3.8) is 0 Å². The van der Waals surface area contributed by atoms with E-state index in [0.29, 0.717) is 29.5 Å². The lowest BCUT2D eigenvalue weighted by atomic mass is 9.67. The van der Waals surface area contributed by atoms with Crippen LogP contribution in [-0.4, -0.2) is 5.78 Å². The Labute approximate surface area is 183 Å². The number of hydrogen-bond donors (Lipinski definition) is 0. The van der Waals surface area contributed by atoms with Crippen LogP contribution < -0.4 is 0 Å². The molecule has 160 valence electrons. The van der Waals surface area contributed by atoms with E-state index in [1.807, 2.05) is 0 Å². The van der Waals surface area contributed by atoms with Crippen molar-refractivity contribution in [1.82, 2.24) is 0 Å². The zero-order chi connectivity index (χ0) is 21.3. The van der Waals surface area contributed by atoms with E-state index in [1.165, 1.54) is 71.9 Å². The first-order valence-electron chi connectivity index (χ1n) is 12.1. The summed E-state index contributed by atoms with van der Waals surface area (Å²) in [6.45, 7) is 8.79. The summed E-state index contributed by atoms with van der Waals surface area (Å²) in [6.07, 6.45) is 9.25. The van der Waals surface area contributed by atoms with Crippen molar-refractivity contribution in [2.75, 3.05) is 0 Å². The Morgan fingerprint density at radius 3 is 1.47 bits per heavy atom. The molecule has 1 heteroatoms. The lowest BCUT2D eigenvalue weighted by Gasteiger charge is -2.37. The Morgan fingerprint density at radius 2 is 1.13 bits per heavy atom. The van der Waals surface area contributed by atoms with Gasteiger partial charge in [0, 0.05) is 12.8 Å². The monoisotopic (exact) mass is 402 g/mol. The van der Waals surface area contributed by atoms with Crippen LogP contribution in [0.2, 0.25) is 0 Å². The van der Waals surface area contributed by atoms with E-state index >= 15 is 0 Å². The molecule has 0 aliphatic heterocycles. The lowest BCUT2D eigenvalue weighted by molar-refractivity contribution is -0.120. The van der Waals surface area contributed by atoms with Gasteiger partial charge in [-0.1, -0.05) is 60.4 Å². The van der Waals surface area contributed by atoms with Gasteiger partial charge in [0.1, 0.15) is 5.78 Å². The number of Topliss-reactive ketones (excluding diaryl/α,β-unsaturated/α-hetero) is 1. The molecule has 2 saturated carbocycles. The lowest BCUT2D eigenvalue weighted by Crippen LogP contribution is -2.27. The van der Waals surface area contributed by atoms with Gasteiger partial charge in [-0.15, -0.1) is 0 Å². The van der Waals surface area contributed by atoms with E-state index in [1.54, 1.807) is 0 Å². The molecule has 0 saturated heterocycles. The second-order valence-electron chi connectivity index (χ2n) is 10.3. The topological polar surface area (TPSA) is 17.1 Å². The molecule has 30 heavy (non-hydrogen) atoms. The second kappa shape index (κ2) is 9.08. The largest absolute Gasteiger partial charge is 0.300 e. The Kier molecular flexibility index (Phi) is 6.46. The predicted molar refractivity (Wildman–Crippen MR) is 126 cm³/mol. The van der Waals surface area contributed by atoms with Crippen molar-refractivity contribution in [2.45, 2.75) is 90.9 Å². The van der Waals surface area contributed by atoms with E-state index < -0.39 is 0 Å². The summed E-state index contributed by atoms with van der Waals surface area (Å²) >= 11 is 0. The number of benzene rings is 2. The molecule has 2 aliphatic rings. The van der Waals surface area contributed by atoms with E-state index in [-0.39, 0.29) is 0 Å². The average molecular weight is 403 g/mol. The SMILES string of the molecule is Cc1ccc(C)c([C@@H](CC(=O)C[C@@H](c2cc(C)ccc2C)C2CCC2)C2CCC2)c1. The minimum Gasteiger partial charge on any atom is -0.300 e. The number of rotatable bonds is 8. The van der Waals surface area contributed by atoms with Crippen LogP contribution in [0.3, 0.4) is 0 Å². The van der Waals surface area contributed by atoms with E-state index in [4.69, 9.17) is 0 Å². The molecule has 2 aliphatic carbocycles. The van der Waals surface area contributed by atoms with Crippen LogP contribution >= 0.6 is 0 Å². The molecule has 1 nitrogen and oxygen atoms in total. The first-order chi connectivity index (χ1) is 14.4. The minimum absolute atomic E-state index is 0.409. The average Bonchev–Trinajstić information content (AvgIpc) is 2.62. The van der Waals surface area contributed by atoms with Crippen LogP contribution in [0.5, 0.6) is 0 Å². The first kappa shape index (κ1) is 21.3. The molecule has 0 N–H and O–H groups in total. The molecule has 0 unspecified atom stereocenters. The van der Waals surface area contributed by atoms with Crippen molar-refractivity contribution in [2.24, 2.45) is 11.8 Å². The Balaban J connectivity index is 1.55. The zero-order valence-corrected chi connectivity index (χ0v) is 19.3. The smallest absolute Gasteiger partial charge is 0.134 e. The van der Waals surface area contributed by atoms with Gasteiger partial charge in [-0.3, -0.25) is 4.79 Å². The number of hydrogen-bond acceptors (Lipinski definition) is 1. The molecule has 2 aromatic carbocycles. The zero-order valence-electron chi connectivity index (χ0n) is 19.3. The molecule has 0 aromatic heterocycles. The van der Waals surface area contributed by atoms with Gasteiger partial charge in [0.2, 0.25) is 0 Å². The molecule has 0 spiro atoms. The standard InChI is InChI=1S/C29H38O/c1-19-11-13-21(3)26(15-19)28(23-7-5-8-23)17-25(30)18-29(24-9-6-10-24)27-16-20(2)12-14-22(27)4/h11-16,23-24,28-29H,5-10,17-18H2,1-4H3/t28-,29+. The molecule has 0 bridgehead atoms. The maximum Gasteiger partial charge on any atom is 0.134 e. The molecule has 0 heterocycles. The second-order valence-corrected chi connectivity index (χ2v) is 10.3. The van der Waals surface area contributed by atoms with Crippen molar-refractivity contribution in [3.05, 3.63) is 69.8 Å². The third-order valence-electron chi connectivity index (χ3n) is 8.00. The van der Waals surface area contributed by atoms with E-state index in [2.05, 4.69) is 64.1 Å². The van der Waals surface area contributed by atoms with Gasteiger partial charge in [-0.05, 0) is 99.3 Å². The van der Waals surface area contributed by atoms with Crippen LogP contribution in [0.15, 0.2) is 36.4 Å². The number of aryl methyl sites for hydroxylation is 4. The first-order valence-corrected chi connectivity index (χ1v) is 12.1. The highest BCUT2D eigenvalue weighted by Crippen LogP contribution is 2.46. The summed E-state index contributed by atoms with van der Waals surface area (Å²) in [6, 6.07) is 13.6. The van der Waals surface area contributed by atoms with Gasteiger partial charge in [0.15, 0.2) is 0 Å². The molecule has 0 amide bonds. The van der Waals surface area contributed by atoms with Gasteiger partial charge < -0.3 is 0 Å². The third kappa shape index (κ3) is 4.56. The fourth-order valence-corrected chi connectivity index (χ4v) is 5.64. The van der Waals surface area contributed by atoms with Crippen LogP contribution in [0.4, 0.5) is 0 Å². The fourth-order valence-electron chi connectivity index (χ4n) is 5.64. The van der Waals surface area contributed by atoms with Crippen molar-refractivity contribution in [1.29, 1.82) is 0 Å². The van der Waals surface area contributed by atoms with E-state index in [9.17, 15) is 4.79 Å². The normalized spacial score (nSPS) is 19.1. The molecular weight excluding hydrogens is 364 g/mol. The Bertz CT molecular complexity index is 827. The highest BCUT2D eigenvalue weighted by atomic mass is 16.1. The van der Waals surface area contributed by atoms with E-state index in [0.717, 1.165) is 12.8 Å². The van der Waals surface area contributed by atoms with Crippen molar-refractivity contribution >= 4 is 5.78 Å². The Hall–Kier alpha value is -1.89. The summed E-state index contributed by atoms with van der Waals surface area (Å²) in [5.41, 5.74) is 8.20. The van der Waals surface area contributed by atoms with Crippen molar-refractivity contribution in [3.8, 4) is 0 Å². The summed E-state index contributed by atoms with van der Waals surface area (Å²) < 4.78 is 0. The van der Waals surface area contributed by atoms with Crippen LogP contribution in [0, 0.1) is 39.5 Å². The molecule has 2 atom stereocenters. The molecule has 2 aromatic rings. The quantitative estimate of drug-likeness (QED) is 0.441. The fraction of sp³-hybridized carbons (Fsp3) is 0.552. The molecular formula is C29H38O. The minimum atomic E-state index is 0.409. The van der Waals surface area contributed by atoms with Crippen LogP contribution in [0.1, 0.15) is 96.6 Å². The van der Waals surface area contributed by atoms with Gasteiger partial charge >= 0.3 is 0 Å². The summed E-state index contributed by atoms with van der Waals surface area (Å²) in [7, 11) is 0. The number of carbonyl (C=O) groups excluding carboxylic acids is 1. The van der Waals surface area contributed by atoms with Crippen molar-refractivity contribution < 1.29 is 4.79 Å². The van der Waals surface area contributed by atoms with Gasteiger partial charge in [0.25, 0.3) is 0 Å². The Morgan fingerprint density at radius 1 is 0.733 bits per heavy atom. The number of ketones is 1. The molecule has 0 radical (unpaired) electrons. The van der Waals surface area contributed by atoms with Gasteiger partial charge in [0.05, 0.1) is 0 Å². The maximum atomic E-state index is 13.5. The van der Waals surface area contributed by atoms with Crippen LogP contribution in [0.25, 0.3) is 0 Å². The predicted octanol–water partition coefficient (Wildman–Crippen LogP) is 7.74. The number of carbonyl (C=O) groups is 1. The van der Waals surface area contributed by atoms with Gasteiger partial charge in [-0.2, -0.15) is 0 Å². The summed E-state index contributed by atoms with van der Waals surface area (Å²) in [4.78, 5) is 13.5. The van der Waals surface area contributed by atoms with Crippen LogP contribution in [-0.2, 0) is 4.79 Å². The molecule has 2 fully saturated rings. The summed E-state index contributed by atoms with van der Waals surface area (Å²) in [5, 5.41) is 0. The highest BCUT2D eigenvalue weighted by Gasteiger charge is 2.34. The third-order valence-corrected chi connectivity index (χ3v) is 8.00. The highest BCUT2D eigenvalue weighted by molar-refractivity contribution is 5.80. The maximum absolute atomic E-state index is 13.5. The summed E-state index contributed by atoms with van der Waals surface area (Å²) in [5.74, 6) is 2.68. The molecule has 4 rings (SSSR count).